The van der Waals surface area contributed by atoms with Crippen LogP contribution in [0.2, 0.25) is 10.0 Å². The highest BCUT2D eigenvalue weighted by Gasteiger charge is 2.42. The van der Waals surface area contributed by atoms with Gasteiger partial charge in [0, 0.05) is 10.1 Å². The van der Waals surface area contributed by atoms with Crippen molar-refractivity contribution in [2.45, 2.75) is 12.5 Å². The van der Waals surface area contributed by atoms with E-state index in [-0.39, 0.29) is 27.3 Å². The smallest absolute Gasteiger partial charge is 0.355 e. The number of amides is 1. The van der Waals surface area contributed by atoms with Gasteiger partial charge in [-0.2, -0.15) is 0 Å². The summed E-state index contributed by atoms with van der Waals surface area (Å²) in [4.78, 5) is 27.7. The summed E-state index contributed by atoms with van der Waals surface area (Å²) in [6, 6.07) is 11.5. The molecule has 0 saturated carbocycles. The summed E-state index contributed by atoms with van der Waals surface area (Å²) in [5, 5.41) is 1.34. The number of hydrogen-bond donors (Lipinski definition) is 0. The minimum absolute atomic E-state index is 0.0632. The van der Waals surface area contributed by atoms with Crippen LogP contribution in [0.15, 0.2) is 47.4 Å². The predicted molar refractivity (Wildman–Crippen MR) is 145 cm³/mol. The fraction of sp³-hybridized carbons (Fsp3) is 0.174. The fourth-order valence-electron chi connectivity index (χ4n) is 3.91. The van der Waals surface area contributed by atoms with E-state index in [2.05, 4.69) is 0 Å². The number of carbonyl (C=O) groups is 2. The molecule has 0 aliphatic carbocycles. The van der Waals surface area contributed by atoms with Crippen LogP contribution in [-0.4, -0.2) is 47.1 Å². The minimum atomic E-state index is -3.14. The molecule has 1 amide bonds. The number of thiophene rings is 1. The highest BCUT2D eigenvalue weighted by atomic mass is 35.5. The molecule has 2 aliphatic heterocycles. The molecule has 35 heavy (non-hydrogen) atoms. The number of hydrogen-bond acceptors (Lipinski definition) is 8. The van der Waals surface area contributed by atoms with E-state index >= 15 is 0 Å². The van der Waals surface area contributed by atoms with Crippen LogP contribution in [0.5, 0.6) is 5.75 Å². The Morgan fingerprint density at radius 3 is 2.57 bits per heavy atom. The summed E-state index contributed by atoms with van der Waals surface area (Å²) in [7, 11) is -3.14. The SMILES string of the molecule is O=C(Oc1ccc(/C=C2\SC(=S)N([C@H]3CCS(=O)(=O)C3)C2=O)cc1)c1sc2cccc(Cl)c2c1Cl. The molecular formula is C23H15Cl2NO5S4. The van der Waals surface area contributed by atoms with Crippen molar-refractivity contribution in [1.82, 2.24) is 4.90 Å². The van der Waals surface area contributed by atoms with Gasteiger partial charge in [-0.05, 0) is 42.3 Å². The van der Waals surface area contributed by atoms with Gasteiger partial charge in [0.05, 0.1) is 32.5 Å². The molecule has 2 saturated heterocycles. The molecule has 1 aromatic heterocycles. The highest BCUT2D eigenvalue weighted by Crippen LogP contribution is 2.40. The summed E-state index contributed by atoms with van der Waals surface area (Å²) < 4.78 is 30.2. The van der Waals surface area contributed by atoms with Gasteiger partial charge in [0.15, 0.2) is 9.84 Å². The Labute approximate surface area is 224 Å². The number of sulfone groups is 1. The lowest BCUT2D eigenvalue weighted by Crippen LogP contribution is -2.39. The van der Waals surface area contributed by atoms with Crippen molar-refractivity contribution in [2.75, 3.05) is 11.5 Å². The van der Waals surface area contributed by atoms with Crippen LogP contribution in [0, 0.1) is 0 Å². The van der Waals surface area contributed by atoms with Crippen LogP contribution < -0.4 is 4.74 Å². The van der Waals surface area contributed by atoms with E-state index in [0.29, 0.717) is 37.4 Å². The standard InChI is InChI=1S/C23H15Cl2NO5S4/c24-15-2-1-3-16-18(15)19(25)20(33-16)22(28)31-14-6-4-12(5-7-14)10-17-21(27)26(23(32)34-17)13-8-9-35(29,30)11-13/h1-7,10,13H,8-9,11H2/b17-10-/t13-/m0/s1. The van der Waals surface area contributed by atoms with Crippen molar-refractivity contribution >= 4 is 101 Å². The van der Waals surface area contributed by atoms with Gasteiger partial charge in [-0.1, -0.05) is 65.4 Å². The lowest BCUT2D eigenvalue weighted by atomic mass is 10.2. The Balaban J connectivity index is 1.30. The van der Waals surface area contributed by atoms with Gasteiger partial charge in [0.25, 0.3) is 5.91 Å². The third-order valence-electron chi connectivity index (χ3n) is 5.58. The van der Waals surface area contributed by atoms with Gasteiger partial charge >= 0.3 is 5.97 Å². The monoisotopic (exact) mass is 583 g/mol. The number of ether oxygens (including phenoxy) is 1. The van der Waals surface area contributed by atoms with Crippen LogP contribution in [0.1, 0.15) is 21.7 Å². The molecule has 5 rings (SSSR count). The second kappa shape index (κ2) is 9.49. The molecule has 3 heterocycles. The number of fused-ring (bicyclic) bond motifs is 1. The number of esters is 1. The molecule has 0 radical (unpaired) electrons. The molecular weight excluding hydrogens is 569 g/mol. The van der Waals surface area contributed by atoms with E-state index in [4.69, 9.17) is 40.2 Å². The molecule has 12 heteroatoms. The third-order valence-corrected chi connectivity index (χ3v) is 10.6. The van der Waals surface area contributed by atoms with Gasteiger partial charge in [-0.3, -0.25) is 9.69 Å². The van der Waals surface area contributed by atoms with Crippen LogP contribution in [-0.2, 0) is 14.6 Å². The maximum Gasteiger partial charge on any atom is 0.355 e. The highest BCUT2D eigenvalue weighted by molar-refractivity contribution is 8.26. The maximum atomic E-state index is 12.9. The largest absolute Gasteiger partial charge is 0.422 e. The number of benzene rings is 2. The van der Waals surface area contributed by atoms with Gasteiger partial charge in [-0.25, -0.2) is 13.2 Å². The van der Waals surface area contributed by atoms with Gasteiger partial charge < -0.3 is 4.74 Å². The van der Waals surface area contributed by atoms with Crippen molar-refractivity contribution in [3.05, 3.63) is 67.9 Å². The summed E-state index contributed by atoms with van der Waals surface area (Å²) in [6.45, 7) is 0. The first kappa shape index (κ1) is 24.7. The zero-order valence-electron chi connectivity index (χ0n) is 17.7. The fourth-order valence-corrected chi connectivity index (χ4v) is 8.84. The quantitative estimate of drug-likeness (QED) is 0.166. The van der Waals surface area contributed by atoms with Crippen molar-refractivity contribution in [2.24, 2.45) is 0 Å². The van der Waals surface area contributed by atoms with E-state index < -0.39 is 21.8 Å². The van der Waals surface area contributed by atoms with Crippen LogP contribution in [0.4, 0.5) is 0 Å². The molecule has 3 aromatic rings. The molecule has 0 unspecified atom stereocenters. The van der Waals surface area contributed by atoms with Gasteiger partial charge in [0.2, 0.25) is 0 Å². The first-order valence-corrected chi connectivity index (χ1v) is 14.9. The number of halogens is 2. The summed E-state index contributed by atoms with van der Waals surface area (Å²) in [5.41, 5.74) is 0.705. The van der Waals surface area contributed by atoms with Crippen molar-refractivity contribution in [1.29, 1.82) is 0 Å². The van der Waals surface area contributed by atoms with E-state index in [9.17, 15) is 18.0 Å². The van der Waals surface area contributed by atoms with E-state index in [0.717, 1.165) is 16.5 Å². The van der Waals surface area contributed by atoms with E-state index in [1.54, 1.807) is 42.5 Å². The van der Waals surface area contributed by atoms with Crippen molar-refractivity contribution in [3.8, 4) is 5.75 Å². The first-order chi connectivity index (χ1) is 16.6. The number of thioether (sulfide) groups is 1. The summed E-state index contributed by atoms with van der Waals surface area (Å²) in [5.74, 6) is -0.574. The van der Waals surface area contributed by atoms with Crippen LogP contribution in [0.25, 0.3) is 16.2 Å². The average molecular weight is 585 g/mol. The first-order valence-electron chi connectivity index (χ1n) is 10.3. The Hall–Kier alpha value is -1.95. The average Bonchev–Trinajstić information content (AvgIpc) is 3.42. The van der Waals surface area contributed by atoms with Gasteiger partial charge in [-0.15, -0.1) is 11.3 Å². The molecule has 1 atom stereocenters. The maximum absolute atomic E-state index is 12.9. The lowest BCUT2D eigenvalue weighted by molar-refractivity contribution is -0.123. The van der Waals surface area contributed by atoms with Crippen LogP contribution in [0.3, 0.4) is 0 Å². The Morgan fingerprint density at radius 2 is 1.91 bits per heavy atom. The Kier molecular flexibility index (Phi) is 6.71. The molecule has 2 aromatic carbocycles. The molecule has 0 bridgehead atoms. The number of rotatable bonds is 4. The molecule has 6 nitrogen and oxygen atoms in total. The zero-order valence-corrected chi connectivity index (χ0v) is 22.5. The zero-order chi connectivity index (χ0) is 24.9. The Morgan fingerprint density at radius 1 is 1.17 bits per heavy atom. The predicted octanol–water partition coefficient (Wildman–Crippen LogP) is 5.82. The minimum Gasteiger partial charge on any atom is -0.422 e. The van der Waals surface area contributed by atoms with Gasteiger partial charge in [0.1, 0.15) is 14.9 Å². The second-order valence-electron chi connectivity index (χ2n) is 7.93. The molecule has 2 fully saturated rings. The number of thiocarbonyl (C=S) groups is 1. The van der Waals surface area contributed by atoms with Crippen molar-refractivity contribution in [3.63, 3.8) is 0 Å². The third kappa shape index (κ3) is 4.87. The molecule has 2 aliphatic rings. The Bertz CT molecular complexity index is 1530. The topological polar surface area (TPSA) is 80.8 Å². The summed E-state index contributed by atoms with van der Waals surface area (Å²) >= 11 is 20.3. The van der Waals surface area contributed by atoms with E-state index in [1.807, 2.05) is 6.07 Å². The lowest BCUT2D eigenvalue weighted by Gasteiger charge is -2.20. The molecule has 0 spiro atoms. The number of nitrogens with zero attached hydrogens (tertiary/aromatic N) is 1. The van der Waals surface area contributed by atoms with Crippen LogP contribution >= 0.6 is 58.5 Å². The normalized spacial score (nSPS) is 20.8. The molecule has 0 N–H and O–H groups in total. The van der Waals surface area contributed by atoms with E-state index in [1.165, 1.54) is 16.2 Å². The number of carbonyl (C=O) groups excluding carboxylic acids is 2. The summed E-state index contributed by atoms with van der Waals surface area (Å²) in [6.07, 6.45) is 2.07. The molecule has 180 valence electrons. The van der Waals surface area contributed by atoms with Crippen molar-refractivity contribution < 1.29 is 22.7 Å². The second-order valence-corrected chi connectivity index (χ2v) is 13.7.